The number of β-amino-alcohol motifs (C(OH)–C–C–N with tert-alkyl or cyclic N) is 1. The van der Waals surface area contributed by atoms with E-state index in [1.165, 1.54) is 35.7 Å². The van der Waals surface area contributed by atoms with Crippen LogP contribution in [0.2, 0.25) is 0 Å². The highest BCUT2D eigenvalue weighted by molar-refractivity contribution is 7.89. The summed E-state index contributed by atoms with van der Waals surface area (Å²) in [4.78, 5) is 25.3. The third kappa shape index (κ3) is 7.01. The predicted octanol–water partition coefficient (Wildman–Crippen LogP) is 1.40. The van der Waals surface area contributed by atoms with Crippen LogP contribution in [0, 0.1) is 0 Å². The molecule has 1 atom stereocenters. The first-order valence-electron chi connectivity index (χ1n) is 11.2. The molecule has 1 aliphatic heterocycles. The molecule has 10 nitrogen and oxygen atoms in total. The van der Waals surface area contributed by atoms with Gasteiger partial charge in [-0.3, -0.25) is 4.90 Å². The van der Waals surface area contributed by atoms with Crippen LogP contribution in [-0.4, -0.2) is 93.8 Å². The number of benzene rings is 2. The number of carbonyl (C=O) groups is 2. The number of aliphatic hydroxyl groups is 1. The van der Waals surface area contributed by atoms with E-state index in [-0.39, 0.29) is 31.2 Å². The van der Waals surface area contributed by atoms with Gasteiger partial charge >= 0.3 is 11.9 Å². The van der Waals surface area contributed by atoms with Crippen molar-refractivity contribution in [1.82, 2.24) is 9.21 Å². The minimum absolute atomic E-state index is 0.0584. The lowest BCUT2D eigenvalue weighted by Gasteiger charge is -2.34. The van der Waals surface area contributed by atoms with Crippen LogP contribution in [-0.2, 0) is 19.5 Å². The van der Waals surface area contributed by atoms with Crippen molar-refractivity contribution in [3.8, 4) is 5.75 Å². The van der Waals surface area contributed by atoms with Crippen molar-refractivity contribution in [3.05, 3.63) is 59.7 Å². The average Bonchev–Trinajstić information content (AvgIpc) is 2.88. The quantitative estimate of drug-likeness (QED) is 0.476. The largest absolute Gasteiger partial charge is 0.491 e. The van der Waals surface area contributed by atoms with Crippen molar-refractivity contribution >= 4 is 22.0 Å². The number of esters is 2. The molecule has 0 bridgehead atoms. The SMILES string of the molecule is CCOC(=O)c1ccc(S(=O)(=O)N2CCN(CC(O)COc3ccc(C(=O)OC)cc3)CC2)cc1. The van der Waals surface area contributed by atoms with Crippen LogP contribution in [0.4, 0.5) is 0 Å². The van der Waals surface area contributed by atoms with Crippen molar-refractivity contribution in [3.63, 3.8) is 0 Å². The Morgan fingerprint density at radius 3 is 2.09 bits per heavy atom. The molecule has 0 aliphatic carbocycles. The molecule has 11 heteroatoms. The van der Waals surface area contributed by atoms with Crippen LogP contribution in [0.1, 0.15) is 27.6 Å². The van der Waals surface area contributed by atoms with Gasteiger partial charge in [-0.05, 0) is 55.5 Å². The first-order chi connectivity index (χ1) is 16.7. The van der Waals surface area contributed by atoms with Crippen molar-refractivity contribution in [2.45, 2.75) is 17.9 Å². The maximum absolute atomic E-state index is 13.0. The zero-order chi connectivity index (χ0) is 25.4. The molecular weight excluding hydrogens is 476 g/mol. The maximum Gasteiger partial charge on any atom is 0.338 e. The first kappa shape index (κ1) is 26.6. The molecule has 1 unspecified atom stereocenters. The van der Waals surface area contributed by atoms with Crippen LogP contribution in [0.5, 0.6) is 5.75 Å². The lowest BCUT2D eigenvalue weighted by molar-refractivity contribution is 0.0525. The third-order valence-electron chi connectivity index (χ3n) is 5.52. The molecular formula is C24H30N2O8S. The van der Waals surface area contributed by atoms with Gasteiger partial charge in [0.25, 0.3) is 0 Å². The van der Waals surface area contributed by atoms with Gasteiger partial charge in [-0.25, -0.2) is 18.0 Å². The summed E-state index contributed by atoms with van der Waals surface area (Å²) in [6, 6.07) is 12.1. The number of ether oxygens (including phenoxy) is 3. The number of methoxy groups -OCH3 is 1. The van der Waals surface area contributed by atoms with E-state index < -0.39 is 28.1 Å². The fourth-order valence-corrected chi connectivity index (χ4v) is 5.05. The summed E-state index contributed by atoms with van der Waals surface area (Å²) >= 11 is 0. The van der Waals surface area contributed by atoms with Gasteiger partial charge in [-0.15, -0.1) is 0 Å². The summed E-state index contributed by atoms with van der Waals surface area (Å²) in [6.45, 7) is 3.83. The first-order valence-corrected chi connectivity index (χ1v) is 12.7. The lowest BCUT2D eigenvalue weighted by Crippen LogP contribution is -2.50. The van der Waals surface area contributed by atoms with E-state index in [0.29, 0.717) is 36.5 Å². The van der Waals surface area contributed by atoms with Gasteiger partial charge in [0.2, 0.25) is 10.0 Å². The number of carbonyl (C=O) groups excluding carboxylic acids is 2. The second-order valence-electron chi connectivity index (χ2n) is 7.93. The van der Waals surface area contributed by atoms with E-state index in [2.05, 4.69) is 4.74 Å². The Hall–Kier alpha value is -2.99. The molecule has 1 aliphatic rings. The average molecular weight is 507 g/mol. The summed E-state index contributed by atoms with van der Waals surface area (Å²) in [7, 11) is -2.38. The van der Waals surface area contributed by atoms with Crippen LogP contribution in [0.3, 0.4) is 0 Å². The van der Waals surface area contributed by atoms with E-state index in [1.807, 2.05) is 4.90 Å². The summed E-state index contributed by atoms with van der Waals surface area (Å²) in [5, 5.41) is 10.3. The number of hydrogen-bond acceptors (Lipinski definition) is 9. The van der Waals surface area contributed by atoms with Crippen LogP contribution < -0.4 is 4.74 Å². The highest BCUT2D eigenvalue weighted by atomic mass is 32.2. The van der Waals surface area contributed by atoms with Crippen LogP contribution in [0.25, 0.3) is 0 Å². The van der Waals surface area contributed by atoms with Crippen molar-refractivity contribution < 1.29 is 37.3 Å². The van der Waals surface area contributed by atoms with Crippen LogP contribution in [0.15, 0.2) is 53.4 Å². The van der Waals surface area contributed by atoms with E-state index in [1.54, 1.807) is 31.2 Å². The second kappa shape index (κ2) is 12.1. The van der Waals surface area contributed by atoms with Crippen molar-refractivity contribution in [2.24, 2.45) is 0 Å². The van der Waals surface area contributed by atoms with Crippen molar-refractivity contribution in [2.75, 3.05) is 53.0 Å². The van der Waals surface area contributed by atoms with Gasteiger partial charge in [0.05, 0.1) is 29.7 Å². The molecule has 0 aromatic heterocycles. The second-order valence-corrected chi connectivity index (χ2v) is 9.87. The molecule has 3 rings (SSSR count). The molecule has 1 fully saturated rings. The van der Waals surface area contributed by atoms with Gasteiger partial charge in [-0.2, -0.15) is 4.31 Å². The molecule has 2 aromatic carbocycles. The molecule has 0 saturated carbocycles. The predicted molar refractivity (Wildman–Crippen MR) is 127 cm³/mol. The molecule has 0 radical (unpaired) electrons. The van der Waals surface area contributed by atoms with Gasteiger partial charge in [0, 0.05) is 32.7 Å². The van der Waals surface area contributed by atoms with Gasteiger partial charge in [-0.1, -0.05) is 0 Å². The van der Waals surface area contributed by atoms with E-state index in [0.717, 1.165) is 0 Å². The number of nitrogens with zero attached hydrogens (tertiary/aromatic N) is 2. The number of aliphatic hydroxyl groups excluding tert-OH is 1. The van der Waals surface area contributed by atoms with Crippen LogP contribution >= 0.6 is 0 Å². The topological polar surface area (TPSA) is 123 Å². The zero-order valence-electron chi connectivity index (χ0n) is 19.8. The Morgan fingerprint density at radius 2 is 1.51 bits per heavy atom. The number of sulfonamides is 1. The van der Waals surface area contributed by atoms with Gasteiger partial charge in [0.1, 0.15) is 18.5 Å². The van der Waals surface area contributed by atoms with E-state index in [4.69, 9.17) is 9.47 Å². The highest BCUT2D eigenvalue weighted by Crippen LogP contribution is 2.19. The third-order valence-corrected chi connectivity index (χ3v) is 7.43. The molecule has 190 valence electrons. The number of piperazine rings is 1. The Kier molecular flexibility index (Phi) is 9.21. The molecule has 0 spiro atoms. The fraction of sp³-hybridized carbons (Fsp3) is 0.417. The van der Waals surface area contributed by atoms with Crippen molar-refractivity contribution in [1.29, 1.82) is 0 Å². The monoisotopic (exact) mass is 506 g/mol. The van der Waals surface area contributed by atoms with E-state index >= 15 is 0 Å². The highest BCUT2D eigenvalue weighted by Gasteiger charge is 2.29. The number of rotatable bonds is 10. The Bertz CT molecular complexity index is 1100. The summed E-state index contributed by atoms with van der Waals surface area (Å²) in [6.07, 6.45) is -0.770. The molecule has 35 heavy (non-hydrogen) atoms. The molecule has 1 heterocycles. The Labute approximate surface area is 205 Å². The maximum atomic E-state index is 13.0. The lowest BCUT2D eigenvalue weighted by atomic mass is 10.2. The Morgan fingerprint density at radius 1 is 0.943 bits per heavy atom. The molecule has 0 amide bonds. The zero-order valence-corrected chi connectivity index (χ0v) is 20.6. The standard InChI is InChI=1S/C24H30N2O8S/c1-3-33-24(29)19-6-10-22(11-7-19)35(30,31)26-14-12-25(13-15-26)16-20(27)17-34-21-8-4-18(5-9-21)23(28)32-2/h4-11,20,27H,3,12-17H2,1-2H3. The molecule has 2 aromatic rings. The summed E-state index contributed by atoms with van der Waals surface area (Å²) < 4.78 is 42.5. The smallest absolute Gasteiger partial charge is 0.338 e. The van der Waals surface area contributed by atoms with Gasteiger partial charge in [0.15, 0.2) is 0 Å². The fourth-order valence-electron chi connectivity index (χ4n) is 3.63. The minimum atomic E-state index is -3.69. The summed E-state index contributed by atoms with van der Waals surface area (Å²) in [5.41, 5.74) is 0.703. The minimum Gasteiger partial charge on any atom is -0.491 e. The molecule has 1 N–H and O–H groups in total. The molecule has 1 saturated heterocycles. The Balaban J connectivity index is 1.46. The normalized spacial score (nSPS) is 15.9. The van der Waals surface area contributed by atoms with Gasteiger partial charge < -0.3 is 19.3 Å². The van der Waals surface area contributed by atoms with E-state index in [9.17, 15) is 23.1 Å². The summed E-state index contributed by atoms with van der Waals surface area (Å²) in [5.74, 6) is -0.418. The number of hydrogen-bond donors (Lipinski definition) is 1.